The van der Waals surface area contributed by atoms with Gasteiger partial charge in [-0.3, -0.25) is 0 Å². The molecule has 1 rings (SSSR count). The SMILES string of the molecule is C=CC(=O)O/C=C/CCOc1cccc(CCCC/C=C/CC)c1. The van der Waals surface area contributed by atoms with Crippen molar-refractivity contribution in [3.8, 4) is 5.75 Å². The number of allylic oxidation sites excluding steroid dienone is 2. The molecule has 1 aromatic carbocycles. The van der Waals surface area contributed by atoms with Gasteiger partial charge < -0.3 is 9.47 Å². The molecule has 0 heterocycles. The third kappa shape index (κ3) is 9.67. The van der Waals surface area contributed by atoms with E-state index >= 15 is 0 Å². The number of carbonyl (C=O) groups excluding carboxylic acids is 1. The Hall–Kier alpha value is -2.29. The van der Waals surface area contributed by atoms with Crippen LogP contribution in [0.3, 0.4) is 0 Å². The molecule has 0 aliphatic rings. The van der Waals surface area contributed by atoms with E-state index in [0.717, 1.165) is 31.1 Å². The van der Waals surface area contributed by atoms with Gasteiger partial charge in [0.2, 0.25) is 0 Å². The number of rotatable bonds is 12. The van der Waals surface area contributed by atoms with Gasteiger partial charge in [-0.05, 0) is 55.9 Å². The molecule has 0 amide bonds. The van der Waals surface area contributed by atoms with Crippen molar-refractivity contribution in [3.05, 3.63) is 67.0 Å². The summed E-state index contributed by atoms with van der Waals surface area (Å²) < 4.78 is 10.5. The fraction of sp³-hybridized carbons (Fsp3) is 0.381. The van der Waals surface area contributed by atoms with Gasteiger partial charge in [-0.2, -0.15) is 0 Å². The van der Waals surface area contributed by atoms with Gasteiger partial charge in [0, 0.05) is 12.5 Å². The summed E-state index contributed by atoms with van der Waals surface area (Å²) in [6.07, 6.45) is 15.2. The Labute approximate surface area is 145 Å². The molecule has 0 aliphatic heterocycles. The highest BCUT2D eigenvalue weighted by Gasteiger charge is 1.97. The third-order valence-electron chi connectivity index (χ3n) is 3.39. The van der Waals surface area contributed by atoms with Gasteiger partial charge in [-0.1, -0.05) is 37.8 Å². The molecular formula is C21H28O3. The monoisotopic (exact) mass is 328 g/mol. The lowest BCUT2D eigenvalue weighted by Gasteiger charge is -2.07. The first-order valence-corrected chi connectivity index (χ1v) is 8.61. The van der Waals surface area contributed by atoms with Crippen LogP contribution in [0.2, 0.25) is 0 Å². The molecule has 1 aromatic rings. The predicted octanol–water partition coefficient (Wildman–Crippen LogP) is 5.38. The molecule has 130 valence electrons. The summed E-state index contributed by atoms with van der Waals surface area (Å²) in [6, 6.07) is 8.24. The average molecular weight is 328 g/mol. The smallest absolute Gasteiger partial charge is 0.334 e. The number of benzene rings is 1. The summed E-state index contributed by atoms with van der Waals surface area (Å²) in [4.78, 5) is 10.8. The van der Waals surface area contributed by atoms with Crippen LogP contribution in [0.4, 0.5) is 0 Å². The Kier molecular flexibility index (Phi) is 10.8. The van der Waals surface area contributed by atoms with Crippen molar-refractivity contribution < 1.29 is 14.3 Å². The van der Waals surface area contributed by atoms with Crippen molar-refractivity contribution in [2.24, 2.45) is 0 Å². The molecule has 0 spiro atoms. The largest absolute Gasteiger partial charge is 0.493 e. The first-order chi connectivity index (χ1) is 11.8. The molecule has 0 aliphatic carbocycles. The van der Waals surface area contributed by atoms with Crippen molar-refractivity contribution in [1.29, 1.82) is 0 Å². The number of ether oxygens (including phenoxy) is 2. The summed E-state index contributed by atoms with van der Waals surface area (Å²) >= 11 is 0. The quantitative estimate of drug-likeness (QED) is 0.170. The standard InChI is InChI=1S/C21H28O3/c1-3-5-6-7-8-9-13-19-14-12-15-20(18-19)23-16-10-11-17-24-21(22)4-2/h4-6,11-12,14-15,17-18H,2-3,7-10,13,16H2,1H3/b6-5+,17-11+. The fourth-order valence-electron chi connectivity index (χ4n) is 2.14. The van der Waals surface area contributed by atoms with Gasteiger partial charge >= 0.3 is 5.97 Å². The molecule has 3 heteroatoms. The highest BCUT2D eigenvalue weighted by Crippen LogP contribution is 2.16. The Morgan fingerprint density at radius 1 is 1.17 bits per heavy atom. The van der Waals surface area contributed by atoms with E-state index in [2.05, 4.69) is 37.8 Å². The minimum atomic E-state index is -0.454. The number of hydrogen-bond donors (Lipinski definition) is 0. The van der Waals surface area contributed by atoms with Gasteiger partial charge in [0.25, 0.3) is 0 Å². The highest BCUT2D eigenvalue weighted by atomic mass is 16.5. The van der Waals surface area contributed by atoms with Gasteiger partial charge in [-0.15, -0.1) is 0 Å². The Morgan fingerprint density at radius 2 is 2.04 bits per heavy atom. The van der Waals surface area contributed by atoms with Gasteiger partial charge in [0.15, 0.2) is 0 Å². The second kappa shape index (κ2) is 13.2. The van der Waals surface area contributed by atoms with Gasteiger partial charge in [-0.25, -0.2) is 4.79 Å². The molecule has 3 nitrogen and oxygen atoms in total. The summed E-state index contributed by atoms with van der Waals surface area (Å²) in [7, 11) is 0. The van der Waals surface area contributed by atoms with E-state index in [4.69, 9.17) is 9.47 Å². The van der Waals surface area contributed by atoms with Crippen LogP contribution < -0.4 is 4.74 Å². The van der Waals surface area contributed by atoms with E-state index in [1.54, 1.807) is 6.08 Å². The van der Waals surface area contributed by atoms with Crippen molar-refractivity contribution in [2.75, 3.05) is 6.61 Å². The summed E-state index contributed by atoms with van der Waals surface area (Å²) in [6.45, 7) is 6.03. The molecular weight excluding hydrogens is 300 g/mol. The van der Waals surface area contributed by atoms with E-state index in [1.807, 2.05) is 12.1 Å². The summed E-state index contributed by atoms with van der Waals surface area (Å²) in [5.74, 6) is 0.430. The van der Waals surface area contributed by atoms with Crippen LogP contribution in [0.1, 0.15) is 44.6 Å². The normalized spacial score (nSPS) is 11.0. The Bertz CT molecular complexity index is 544. The molecule has 0 radical (unpaired) electrons. The van der Waals surface area contributed by atoms with Crippen LogP contribution >= 0.6 is 0 Å². The lowest BCUT2D eigenvalue weighted by atomic mass is 10.1. The molecule has 0 aromatic heterocycles. The zero-order chi connectivity index (χ0) is 17.5. The summed E-state index contributed by atoms with van der Waals surface area (Å²) in [5, 5.41) is 0. The van der Waals surface area contributed by atoms with Crippen molar-refractivity contribution in [1.82, 2.24) is 0 Å². The van der Waals surface area contributed by atoms with E-state index in [0.29, 0.717) is 13.0 Å². The van der Waals surface area contributed by atoms with E-state index < -0.39 is 5.97 Å². The van der Waals surface area contributed by atoms with Crippen molar-refractivity contribution >= 4 is 5.97 Å². The molecule has 24 heavy (non-hydrogen) atoms. The molecule has 0 bridgehead atoms. The number of carbonyl (C=O) groups is 1. The maximum Gasteiger partial charge on any atom is 0.334 e. The lowest BCUT2D eigenvalue weighted by Crippen LogP contribution is -1.97. The van der Waals surface area contributed by atoms with Gasteiger partial charge in [0.1, 0.15) is 5.75 Å². The van der Waals surface area contributed by atoms with E-state index in [1.165, 1.54) is 24.7 Å². The zero-order valence-corrected chi connectivity index (χ0v) is 14.6. The van der Waals surface area contributed by atoms with Crippen LogP contribution in [0.5, 0.6) is 5.75 Å². The van der Waals surface area contributed by atoms with Crippen LogP contribution in [0.15, 0.2) is 61.4 Å². The molecule has 0 atom stereocenters. The molecule has 0 fully saturated rings. The fourth-order valence-corrected chi connectivity index (χ4v) is 2.14. The van der Waals surface area contributed by atoms with Crippen LogP contribution in [0, 0.1) is 0 Å². The first-order valence-electron chi connectivity index (χ1n) is 8.61. The topological polar surface area (TPSA) is 35.5 Å². The zero-order valence-electron chi connectivity index (χ0n) is 14.6. The van der Waals surface area contributed by atoms with Crippen LogP contribution in [-0.2, 0) is 16.0 Å². The number of aryl methyl sites for hydroxylation is 1. The summed E-state index contributed by atoms with van der Waals surface area (Å²) in [5.41, 5.74) is 1.31. The molecule has 0 N–H and O–H groups in total. The van der Waals surface area contributed by atoms with Crippen LogP contribution in [0.25, 0.3) is 0 Å². The number of esters is 1. The Morgan fingerprint density at radius 3 is 2.83 bits per heavy atom. The van der Waals surface area contributed by atoms with Gasteiger partial charge in [0.05, 0.1) is 12.9 Å². The maximum atomic E-state index is 10.8. The highest BCUT2D eigenvalue weighted by molar-refractivity contribution is 5.81. The predicted molar refractivity (Wildman–Crippen MR) is 99.0 cm³/mol. The first kappa shape index (κ1) is 19.8. The lowest BCUT2D eigenvalue weighted by molar-refractivity contribution is -0.132. The molecule has 0 saturated carbocycles. The van der Waals surface area contributed by atoms with E-state index in [9.17, 15) is 4.79 Å². The van der Waals surface area contributed by atoms with Crippen LogP contribution in [-0.4, -0.2) is 12.6 Å². The van der Waals surface area contributed by atoms with Crippen molar-refractivity contribution in [2.45, 2.75) is 45.4 Å². The van der Waals surface area contributed by atoms with Crippen molar-refractivity contribution in [3.63, 3.8) is 0 Å². The van der Waals surface area contributed by atoms with E-state index in [-0.39, 0.29) is 0 Å². The molecule has 0 unspecified atom stereocenters. The second-order valence-corrected chi connectivity index (χ2v) is 5.42. The number of hydrogen-bond acceptors (Lipinski definition) is 3. The minimum absolute atomic E-state index is 0.454. The third-order valence-corrected chi connectivity index (χ3v) is 3.39. The second-order valence-electron chi connectivity index (χ2n) is 5.42. The molecule has 0 saturated heterocycles. The Balaban J connectivity index is 2.23. The maximum absolute atomic E-state index is 10.8. The minimum Gasteiger partial charge on any atom is -0.493 e. The number of unbranched alkanes of at least 4 members (excludes halogenated alkanes) is 2. The average Bonchev–Trinajstić information content (AvgIpc) is 2.61.